The summed E-state index contributed by atoms with van der Waals surface area (Å²) in [6.07, 6.45) is 0.472. The van der Waals surface area contributed by atoms with Gasteiger partial charge in [-0.1, -0.05) is 35.1 Å². The number of nitrogens with one attached hydrogen (secondary N) is 2. The molecule has 3 aromatic rings. The number of nitrogens with zero attached hydrogens (tertiary/aromatic N) is 2. The lowest BCUT2D eigenvalue weighted by Gasteiger charge is -2.08. The Labute approximate surface area is 182 Å². The highest BCUT2D eigenvalue weighted by Crippen LogP contribution is 2.28. The molecule has 1 heterocycles. The molecule has 0 aliphatic heterocycles. The first-order valence-electron chi connectivity index (χ1n) is 8.90. The summed E-state index contributed by atoms with van der Waals surface area (Å²) in [7, 11) is 3.03. The van der Waals surface area contributed by atoms with Crippen molar-refractivity contribution in [3.8, 4) is 11.5 Å². The molecule has 0 fully saturated rings. The molecule has 2 amide bonds. The van der Waals surface area contributed by atoms with Crippen molar-refractivity contribution < 1.29 is 19.1 Å². The first kappa shape index (κ1) is 21.5. The molecule has 2 aromatic carbocycles. The van der Waals surface area contributed by atoms with Crippen LogP contribution in [0.2, 0.25) is 5.02 Å². The fourth-order valence-electron chi connectivity index (χ4n) is 2.58. The van der Waals surface area contributed by atoms with Gasteiger partial charge in [0.05, 0.1) is 24.8 Å². The van der Waals surface area contributed by atoms with Crippen LogP contribution in [0.25, 0.3) is 0 Å². The van der Waals surface area contributed by atoms with Crippen molar-refractivity contribution >= 4 is 39.9 Å². The van der Waals surface area contributed by atoms with Gasteiger partial charge in [-0.2, -0.15) is 0 Å². The lowest BCUT2D eigenvalue weighted by Crippen LogP contribution is -2.25. The van der Waals surface area contributed by atoms with Crippen molar-refractivity contribution in [1.29, 1.82) is 0 Å². The molecule has 0 aliphatic rings. The minimum Gasteiger partial charge on any atom is -0.493 e. The van der Waals surface area contributed by atoms with E-state index in [0.29, 0.717) is 50.8 Å². The van der Waals surface area contributed by atoms with E-state index in [1.54, 1.807) is 42.5 Å². The summed E-state index contributed by atoms with van der Waals surface area (Å²) >= 11 is 7.25. The normalized spacial score (nSPS) is 10.4. The topological polar surface area (TPSA) is 102 Å². The van der Waals surface area contributed by atoms with Crippen molar-refractivity contribution in [3.63, 3.8) is 0 Å². The molecular formula is C20H19ClN4O4S. The van der Waals surface area contributed by atoms with Crippen molar-refractivity contribution in [2.24, 2.45) is 0 Å². The van der Waals surface area contributed by atoms with E-state index in [-0.39, 0.29) is 11.8 Å². The number of benzene rings is 2. The zero-order valence-corrected chi connectivity index (χ0v) is 17.8. The van der Waals surface area contributed by atoms with Gasteiger partial charge in [-0.15, -0.1) is 10.2 Å². The molecule has 0 unspecified atom stereocenters. The summed E-state index contributed by atoms with van der Waals surface area (Å²) in [6.45, 7) is 0.363. The highest BCUT2D eigenvalue weighted by molar-refractivity contribution is 7.15. The van der Waals surface area contributed by atoms with Crippen LogP contribution in [0.5, 0.6) is 11.5 Å². The van der Waals surface area contributed by atoms with Gasteiger partial charge < -0.3 is 14.8 Å². The van der Waals surface area contributed by atoms with Gasteiger partial charge in [0, 0.05) is 18.5 Å². The molecule has 0 bridgehead atoms. The summed E-state index contributed by atoms with van der Waals surface area (Å²) < 4.78 is 10.4. The number of carbonyl (C=O) groups excluding carboxylic acids is 2. The number of amides is 2. The molecule has 2 N–H and O–H groups in total. The molecule has 156 valence electrons. The standard InChI is InChI=1S/C20H19ClN4O4S/c1-28-15-8-7-12(11-16(15)29-2)18(26)23-20-25-24-17(30-20)9-10-22-19(27)13-5-3-4-6-14(13)21/h3-8,11H,9-10H2,1-2H3,(H,22,27)(H,23,25,26). The van der Waals surface area contributed by atoms with Crippen LogP contribution in [0, 0.1) is 0 Å². The van der Waals surface area contributed by atoms with Gasteiger partial charge in [-0.25, -0.2) is 0 Å². The average molecular weight is 447 g/mol. The molecular weight excluding hydrogens is 428 g/mol. The number of hydrogen-bond acceptors (Lipinski definition) is 7. The molecule has 8 nitrogen and oxygen atoms in total. The Balaban J connectivity index is 1.54. The highest BCUT2D eigenvalue weighted by atomic mass is 35.5. The van der Waals surface area contributed by atoms with Crippen LogP contribution in [-0.2, 0) is 6.42 Å². The minimum absolute atomic E-state index is 0.257. The van der Waals surface area contributed by atoms with E-state index < -0.39 is 0 Å². The van der Waals surface area contributed by atoms with Gasteiger partial charge in [-0.3, -0.25) is 14.9 Å². The van der Waals surface area contributed by atoms with E-state index in [0.717, 1.165) is 0 Å². The number of halogens is 1. The number of carbonyl (C=O) groups is 2. The quantitative estimate of drug-likeness (QED) is 0.549. The van der Waals surface area contributed by atoms with Crippen LogP contribution in [0.4, 0.5) is 5.13 Å². The fraction of sp³-hybridized carbons (Fsp3) is 0.200. The van der Waals surface area contributed by atoms with E-state index in [9.17, 15) is 9.59 Å². The van der Waals surface area contributed by atoms with Crippen LogP contribution >= 0.6 is 22.9 Å². The SMILES string of the molecule is COc1ccc(C(=O)Nc2nnc(CCNC(=O)c3ccccc3Cl)s2)cc1OC. The summed E-state index contributed by atoms with van der Waals surface area (Å²) in [5.74, 6) is 0.390. The van der Waals surface area contributed by atoms with Gasteiger partial charge in [0.25, 0.3) is 11.8 Å². The summed E-state index contributed by atoms with van der Waals surface area (Å²) in [5, 5.41) is 14.9. The van der Waals surface area contributed by atoms with Crippen LogP contribution in [-0.4, -0.2) is 42.8 Å². The van der Waals surface area contributed by atoms with Crippen molar-refractivity contribution in [1.82, 2.24) is 15.5 Å². The van der Waals surface area contributed by atoms with E-state index in [4.69, 9.17) is 21.1 Å². The van der Waals surface area contributed by atoms with Crippen LogP contribution in [0.15, 0.2) is 42.5 Å². The maximum absolute atomic E-state index is 12.4. The third-order valence-electron chi connectivity index (χ3n) is 4.08. The molecule has 0 saturated carbocycles. The molecule has 3 rings (SSSR count). The Hall–Kier alpha value is -3.17. The lowest BCUT2D eigenvalue weighted by atomic mass is 10.2. The zero-order valence-electron chi connectivity index (χ0n) is 16.3. The number of anilines is 1. The first-order chi connectivity index (χ1) is 14.5. The van der Waals surface area contributed by atoms with Crippen LogP contribution < -0.4 is 20.1 Å². The largest absolute Gasteiger partial charge is 0.493 e. The third kappa shape index (κ3) is 5.25. The van der Waals surface area contributed by atoms with E-state index in [1.807, 2.05) is 0 Å². The Bertz CT molecular complexity index is 1060. The first-order valence-corrected chi connectivity index (χ1v) is 10.1. The predicted octanol–water partition coefficient (Wildman–Crippen LogP) is 3.43. The molecule has 0 atom stereocenters. The second-order valence-electron chi connectivity index (χ2n) is 6.01. The summed E-state index contributed by atoms with van der Waals surface area (Å²) in [4.78, 5) is 24.6. The van der Waals surface area contributed by atoms with E-state index in [2.05, 4.69) is 20.8 Å². The Morgan fingerprint density at radius 3 is 2.53 bits per heavy atom. The van der Waals surface area contributed by atoms with Crippen molar-refractivity contribution in [2.45, 2.75) is 6.42 Å². The van der Waals surface area contributed by atoms with Gasteiger partial charge in [0.1, 0.15) is 5.01 Å². The minimum atomic E-state index is -0.342. The Kier molecular flexibility index (Phi) is 7.21. The predicted molar refractivity (Wildman–Crippen MR) is 115 cm³/mol. The van der Waals surface area contributed by atoms with E-state index >= 15 is 0 Å². The average Bonchev–Trinajstić information content (AvgIpc) is 3.20. The molecule has 0 spiro atoms. The number of rotatable bonds is 8. The number of hydrogen-bond donors (Lipinski definition) is 2. The molecule has 30 heavy (non-hydrogen) atoms. The van der Waals surface area contributed by atoms with Crippen molar-refractivity contribution in [2.75, 3.05) is 26.1 Å². The smallest absolute Gasteiger partial charge is 0.257 e. The van der Waals surface area contributed by atoms with Gasteiger partial charge in [-0.05, 0) is 30.3 Å². The summed E-state index contributed by atoms with van der Waals surface area (Å²) in [5.41, 5.74) is 0.815. The molecule has 10 heteroatoms. The third-order valence-corrected chi connectivity index (χ3v) is 5.30. The maximum Gasteiger partial charge on any atom is 0.257 e. The molecule has 0 radical (unpaired) electrons. The Morgan fingerprint density at radius 1 is 1.03 bits per heavy atom. The lowest BCUT2D eigenvalue weighted by molar-refractivity contribution is 0.0953. The highest BCUT2D eigenvalue weighted by Gasteiger charge is 2.14. The van der Waals surface area contributed by atoms with Gasteiger partial charge >= 0.3 is 0 Å². The van der Waals surface area contributed by atoms with Gasteiger partial charge in [0.15, 0.2) is 11.5 Å². The molecule has 0 aliphatic carbocycles. The number of aromatic nitrogens is 2. The van der Waals surface area contributed by atoms with Crippen LogP contribution in [0.1, 0.15) is 25.7 Å². The Morgan fingerprint density at radius 2 is 1.80 bits per heavy atom. The van der Waals surface area contributed by atoms with Crippen LogP contribution in [0.3, 0.4) is 0 Å². The monoisotopic (exact) mass is 446 g/mol. The number of methoxy groups -OCH3 is 2. The molecule has 0 saturated heterocycles. The second-order valence-corrected chi connectivity index (χ2v) is 7.48. The number of ether oxygens (including phenoxy) is 2. The zero-order chi connectivity index (χ0) is 21.5. The van der Waals surface area contributed by atoms with Gasteiger partial charge in [0.2, 0.25) is 5.13 Å². The fourth-order valence-corrected chi connectivity index (χ4v) is 3.53. The van der Waals surface area contributed by atoms with Crippen molar-refractivity contribution in [3.05, 3.63) is 63.6 Å². The van der Waals surface area contributed by atoms with E-state index in [1.165, 1.54) is 25.6 Å². The maximum atomic E-state index is 12.4. The second kappa shape index (κ2) is 10.0. The summed E-state index contributed by atoms with van der Waals surface area (Å²) in [6, 6.07) is 11.7. The molecule has 1 aromatic heterocycles.